The number of benzene rings is 3. The van der Waals surface area contributed by atoms with Gasteiger partial charge < -0.3 is 14.4 Å². The molecule has 1 heterocycles. The molecule has 0 unspecified atom stereocenters. The Morgan fingerprint density at radius 1 is 0.865 bits per heavy atom. The molecule has 1 aliphatic rings. The summed E-state index contributed by atoms with van der Waals surface area (Å²) in [6.07, 6.45) is 1.09. The van der Waals surface area contributed by atoms with Crippen LogP contribution in [0.25, 0.3) is 0 Å². The quantitative estimate of drug-likeness (QED) is 0.428. The van der Waals surface area contributed by atoms with Gasteiger partial charge in [0, 0.05) is 32.2 Å². The maximum absolute atomic E-state index is 13.3. The standard InChI is InChI=1S/C28H33N3O5S/c1-35-24-14-15-25(26(20-24)36-2)31(37(3,33)34)21-27(32)29-16-18-30(19-17-29)28(22-10-6-4-7-11-22)23-12-8-5-9-13-23/h4-15,20,28H,16-19,21H2,1-3H3. The van der Waals surface area contributed by atoms with Crippen molar-refractivity contribution in [2.75, 3.05) is 57.5 Å². The number of ether oxygens (including phenoxy) is 2. The second kappa shape index (κ2) is 11.7. The number of nitrogens with zero attached hydrogens (tertiary/aromatic N) is 3. The Kier molecular flexibility index (Phi) is 8.35. The Labute approximate surface area is 219 Å². The Hall–Kier alpha value is -3.56. The first-order valence-electron chi connectivity index (χ1n) is 12.1. The van der Waals surface area contributed by atoms with Crippen LogP contribution in [0.15, 0.2) is 78.9 Å². The molecule has 4 rings (SSSR count). The van der Waals surface area contributed by atoms with E-state index in [4.69, 9.17) is 9.47 Å². The van der Waals surface area contributed by atoms with Gasteiger partial charge in [-0.3, -0.25) is 14.0 Å². The molecular formula is C28H33N3O5S. The van der Waals surface area contributed by atoms with Crippen molar-refractivity contribution in [3.05, 3.63) is 90.0 Å². The lowest BCUT2D eigenvalue weighted by atomic mass is 9.96. The van der Waals surface area contributed by atoms with Crippen molar-refractivity contribution in [2.45, 2.75) is 6.04 Å². The number of amides is 1. The summed E-state index contributed by atoms with van der Waals surface area (Å²) in [7, 11) is -0.772. The van der Waals surface area contributed by atoms with Crippen LogP contribution in [0, 0.1) is 0 Å². The molecule has 1 saturated heterocycles. The number of hydrogen-bond donors (Lipinski definition) is 0. The van der Waals surface area contributed by atoms with Crippen molar-refractivity contribution in [2.24, 2.45) is 0 Å². The average Bonchev–Trinajstić information content (AvgIpc) is 2.92. The summed E-state index contributed by atoms with van der Waals surface area (Å²) in [6, 6.07) is 25.6. The first-order chi connectivity index (χ1) is 17.8. The highest BCUT2D eigenvalue weighted by Crippen LogP contribution is 2.34. The smallest absolute Gasteiger partial charge is 0.243 e. The highest BCUT2D eigenvalue weighted by atomic mass is 32.2. The number of anilines is 1. The lowest BCUT2D eigenvalue weighted by molar-refractivity contribution is -0.131. The summed E-state index contributed by atoms with van der Waals surface area (Å²) in [4.78, 5) is 17.4. The molecular weight excluding hydrogens is 490 g/mol. The zero-order valence-electron chi connectivity index (χ0n) is 21.4. The fraction of sp³-hybridized carbons (Fsp3) is 0.321. The van der Waals surface area contributed by atoms with Crippen LogP contribution in [0.2, 0.25) is 0 Å². The molecule has 0 radical (unpaired) electrons. The lowest BCUT2D eigenvalue weighted by Gasteiger charge is -2.40. The van der Waals surface area contributed by atoms with E-state index < -0.39 is 10.0 Å². The van der Waals surface area contributed by atoms with Crippen LogP contribution in [0.5, 0.6) is 11.5 Å². The minimum absolute atomic E-state index is 0.0794. The molecule has 1 aliphatic heterocycles. The van der Waals surface area contributed by atoms with Crippen LogP contribution in [-0.2, 0) is 14.8 Å². The number of methoxy groups -OCH3 is 2. The van der Waals surface area contributed by atoms with Crippen molar-refractivity contribution < 1.29 is 22.7 Å². The summed E-state index contributed by atoms with van der Waals surface area (Å²) in [6.45, 7) is 2.05. The molecule has 3 aromatic rings. The van der Waals surface area contributed by atoms with Crippen LogP contribution in [0.4, 0.5) is 5.69 Å². The Morgan fingerprint density at radius 2 is 1.43 bits per heavy atom. The second-order valence-corrected chi connectivity index (χ2v) is 10.9. The fourth-order valence-electron chi connectivity index (χ4n) is 4.71. The zero-order valence-corrected chi connectivity index (χ0v) is 22.2. The largest absolute Gasteiger partial charge is 0.497 e. The lowest BCUT2D eigenvalue weighted by Crippen LogP contribution is -2.52. The third-order valence-corrected chi connectivity index (χ3v) is 7.72. The SMILES string of the molecule is COc1ccc(N(CC(=O)N2CCN(C(c3ccccc3)c3ccccc3)CC2)S(C)(=O)=O)c(OC)c1. The number of carbonyl (C=O) groups excluding carboxylic acids is 1. The maximum Gasteiger partial charge on any atom is 0.243 e. The number of rotatable bonds is 9. The number of hydrogen-bond acceptors (Lipinski definition) is 6. The molecule has 0 N–H and O–H groups in total. The highest BCUT2D eigenvalue weighted by molar-refractivity contribution is 7.92. The third-order valence-electron chi connectivity index (χ3n) is 6.60. The monoisotopic (exact) mass is 523 g/mol. The van der Waals surface area contributed by atoms with Crippen LogP contribution in [-0.4, -0.2) is 77.3 Å². The van der Waals surface area contributed by atoms with E-state index in [0.717, 1.165) is 10.6 Å². The molecule has 37 heavy (non-hydrogen) atoms. The van der Waals surface area contributed by atoms with E-state index >= 15 is 0 Å². The van der Waals surface area contributed by atoms with Crippen molar-refractivity contribution in [3.63, 3.8) is 0 Å². The summed E-state index contributed by atoms with van der Waals surface area (Å²) in [5.74, 6) is 0.595. The van der Waals surface area contributed by atoms with Crippen LogP contribution in [0.1, 0.15) is 17.2 Å². The van der Waals surface area contributed by atoms with E-state index in [-0.39, 0.29) is 18.5 Å². The van der Waals surface area contributed by atoms with Crippen LogP contribution < -0.4 is 13.8 Å². The molecule has 0 bridgehead atoms. The van der Waals surface area contributed by atoms with E-state index in [1.54, 1.807) is 23.1 Å². The molecule has 8 nitrogen and oxygen atoms in total. The van der Waals surface area contributed by atoms with Crippen molar-refractivity contribution >= 4 is 21.6 Å². The van der Waals surface area contributed by atoms with Gasteiger partial charge in [-0.25, -0.2) is 8.42 Å². The second-order valence-electron chi connectivity index (χ2n) is 8.95. The van der Waals surface area contributed by atoms with Crippen LogP contribution in [0.3, 0.4) is 0 Å². The van der Waals surface area contributed by atoms with E-state index in [1.807, 2.05) is 36.4 Å². The summed E-state index contributed by atoms with van der Waals surface area (Å²) < 4.78 is 37.1. The van der Waals surface area contributed by atoms with Gasteiger partial charge in [-0.15, -0.1) is 0 Å². The average molecular weight is 524 g/mol. The van der Waals surface area contributed by atoms with Gasteiger partial charge in [-0.1, -0.05) is 60.7 Å². The number of sulfonamides is 1. The van der Waals surface area contributed by atoms with Gasteiger partial charge in [0.25, 0.3) is 0 Å². The molecule has 1 fully saturated rings. The van der Waals surface area contributed by atoms with Gasteiger partial charge in [-0.05, 0) is 23.3 Å². The topological polar surface area (TPSA) is 79.4 Å². The van der Waals surface area contributed by atoms with Gasteiger partial charge in [-0.2, -0.15) is 0 Å². The predicted molar refractivity (Wildman–Crippen MR) is 145 cm³/mol. The van der Waals surface area contributed by atoms with E-state index in [0.29, 0.717) is 43.4 Å². The van der Waals surface area contributed by atoms with Gasteiger partial charge in [0.1, 0.15) is 18.0 Å². The fourth-order valence-corrected chi connectivity index (χ4v) is 5.56. The number of carbonyl (C=O) groups is 1. The molecule has 0 aliphatic carbocycles. The first kappa shape index (κ1) is 26.5. The Morgan fingerprint density at radius 3 is 1.92 bits per heavy atom. The maximum atomic E-state index is 13.3. The third kappa shape index (κ3) is 6.23. The van der Waals surface area contributed by atoms with E-state index in [2.05, 4.69) is 29.2 Å². The molecule has 0 aromatic heterocycles. The normalized spacial score (nSPS) is 14.4. The van der Waals surface area contributed by atoms with E-state index in [1.165, 1.54) is 25.3 Å². The van der Waals surface area contributed by atoms with Gasteiger partial charge in [0.05, 0.1) is 32.2 Å². The van der Waals surface area contributed by atoms with Crippen LogP contribution >= 0.6 is 0 Å². The zero-order chi connectivity index (χ0) is 26.4. The van der Waals surface area contributed by atoms with Gasteiger partial charge in [0.15, 0.2) is 0 Å². The predicted octanol–water partition coefficient (Wildman–Crippen LogP) is 3.40. The van der Waals surface area contributed by atoms with Gasteiger partial charge in [0.2, 0.25) is 15.9 Å². The molecule has 9 heteroatoms. The van der Waals surface area contributed by atoms with Gasteiger partial charge >= 0.3 is 0 Å². The molecule has 0 atom stereocenters. The summed E-state index contributed by atoms with van der Waals surface area (Å²) >= 11 is 0. The first-order valence-corrected chi connectivity index (χ1v) is 14.0. The molecule has 0 saturated carbocycles. The Bertz CT molecular complexity index is 1250. The molecule has 1 amide bonds. The van der Waals surface area contributed by atoms with Crippen molar-refractivity contribution in [1.29, 1.82) is 0 Å². The highest BCUT2D eigenvalue weighted by Gasteiger charge is 2.31. The molecule has 196 valence electrons. The minimum Gasteiger partial charge on any atom is -0.497 e. The van der Waals surface area contributed by atoms with E-state index in [9.17, 15) is 13.2 Å². The molecule has 3 aromatic carbocycles. The minimum atomic E-state index is -3.75. The van der Waals surface area contributed by atoms with Crippen molar-refractivity contribution in [1.82, 2.24) is 9.80 Å². The number of piperazine rings is 1. The summed E-state index contributed by atoms with van der Waals surface area (Å²) in [5.41, 5.74) is 2.69. The molecule has 0 spiro atoms. The summed E-state index contributed by atoms with van der Waals surface area (Å²) in [5, 5.41) is 0. The Balaban J connectivity index is 1.49. The van der Waals surface area contributed by atoms with Crippen molar-refractivity contribution in [3.8, 4) is 11.5 Å².